The summed E-state index contributed by atoms with van der Waals surface area (Å²) in [5, 5.41) is 0.208. The molecule has 0 fully saturated rings. The number of alkyl halides is 2. The lowest BCUT2D eigenvalue weighted by atomic mass is 10.0. The van der Waals surface area contributed by atoms with E-state index < -0.39 is 18.9 Å². The van der Waals surface area contributed by atoms with Gasteiger partial charge in [0.1, 0.15) is 0 Å². The summed E-state index contributed by atoms with van der Waals surface area (Å²) < 4.78 is 34.6. The van der Waals surface area contributed by atoms with Crippen molar-refractivity contribution in [3.8, 4) is 11.5 Å². The van der Waals surface area contributed by atoms with E-state index in [0.717, 1.165) is 0 Å². The van der Waals surface area contributed by atoms with E-state index in [9.17, 15) is 8.78 Å². The Labute approximate surface area is 116 Å². The van der Waals surface area contributed by atoms with E-state index in [0.29, 0.717) is 17.1 Å². The van der Waals surface area contributed by atoms with Crippen LogP contribution in [0.2, 0.25) is 5.02 Å². The van der Waals surface area contributed by atoms with Gasteiger partial charge in [0.05, 0.1) is 19.2 Å². The molecular formula is C11H15Cl2F2NO2. The standard InChI is InChI=1S/C11H14ClF2NO2.ClH/c1-16-8-4-3-6(7(15)5-9(13)14)10(12)11(8)17-2;/h3-4,7,9H,5,15H2,1-2H3;1H/t7-;/m1./s1. The Morgan fingerprint density at radius 1 is 1.28 bits per heavy atom. The van der Waals surface area contributed by atoms with E-state index >= 15 is 0 Å². The average Bonchev–Trinajstić information content (AvgIpc) is 2.27. The van der Waals surface area contributed by atoms with Gasteiger partial charge in [-0.15, -0.1) is 12.4 Å². The van der Waals surface area contributed by atoms with E-state index in [1.54, 1.807) is 12.1 Å². The number of benzene rings is 1. The molecule has 0 saturated heterocycles. The highest BCUT2D eigenvalue weighted by Crippen LogP contribution is 2.39. The molecular weight excluding hydrogens is 287 g/mol. The number of hydrogen-bond acceptors (Lipinski definition) is 3. The van der Waals surface area contributed by atoms with Gasteiger partial charge in [-0.25, -0.2) is 8.78 Å². The Morgan fingerprint density at radius 2 is 1.89 bits per heavy atom. The number of rotatable bonds is 5. The Morgan fingerprint density at radius 3 is 2.33 bits per heavy atom. The van der Waals surface area contributed by atoms with Gasteiger partial charge in [-0.3, -0.25) is 0 Å². The number of halogens is 4. The zero-order chi connectivity index (χ0) is 13.0. The summed E-state index contributed by atoms with van der Waals surface area (Å²) >= 11 is 6.04. The summed E-state index contributed by atoms with van der Waals surface area (Å²) in [6.45, 7) is 0. The Kier molecular flexibility index (Phi) is 7.28. The molecule has 0 saturated carbocycles. The zero-order valence-corrected chi connectivity index (χ0v) is 11.5. The number of nitrogens with two attached hydrogens (primary N) is 1. The molecule has 0 aliphatic carbocycles. The van der Waals surface area contributed by atoms with E-state index in [1.165, 1.54) is 14.2 Å². The quantitative estimate of drug-likeness (QED) is 0.906. The van der Waals surface area contributed by atoms with Crippen LogP contribution in [0.4, 0.5) is 8.78 Å². The molecule has 3 nitrogen and oxygen atoms in total. The van der Waals surface area contributed by atoms with E-state index in [1.807, 2.05) is 0 Å². The van der Waals surface area contributed by atoms with Crippen molar-refractivity contribution in [3.63, 3.8) is 0 Å². The normalized spacial score (nSPS) is 11.9. The maximum absolute atomic E-state index is 12.3. The van der Waals surface area contributed by atoms with Crippen LogP contribution in [0.25, 0.3) is 0 Å². The molecule has 1 aromatic rings. The predicted molar refractivity (Wildman–Crippen MR) is 69.4 cm³/mol. The van der Waals surface area contributed by atoms with Gasteiger partial charge >= 0.3 is 0 Å². The van der Waals surface area contributed by atoms with Crippen LogP contribution in [0.1, 0.15) is 18.0 Å². The van der Waals surface area contributed by atoms with Crippen molar-refractivity contribution in [3.05, 3.63) is 22.7 Å². The van der Waals surface area contributed by atoms with Crippen molar-refractivity contribution in [2.75, 3.05) is 14.2 Å². The molecule has 0 aliphatic heterocycles. The third kappa shape index (κ3) is 3.86. The van der Waals surface area contributed by atoms with E-state index in [4.69, 9.17) is 26.8 Å². The van der Waals surface area contributed by atoms with Gasteiger partial charge in [-0.1, -0.05) is 17.7 Å². The first-order valence-corrected chi connectivity index (χ1v) is 5.33. The molecule has 0 heterocycles. The van der Waals surface area contributed by atoms with Gasteiger partial charge in [0.25, 0.3) is 0 Å². The summed E-state index contributed by atoms with van der Waals surface area (Å²) in [5.74, 6) is 0.738. The Hall–Kier alpha value is -0.780. The minimum absolute atomic E-state index is 0. The highest BCUT2D eigenvalue weighted by atomic mass is 35.5. The molecule has 1 aromatic carbocycles. The van der Waals surface area contributed by atoms with Crippen LogP contribution in [0.5, 0.6) is 11.5 Å². The van der Waals surface area contributed by atoms with Crippen LogP contribution in [-0.4, -0.2) is 20.6 Å². The highest BCUT2D eigenvalue weighted by Gasteiger charge is 2.20. The topological polar surface area (TPSA) is 44.5 Å². The van der Waals surface area contributed by atoms with Gasteiger partial charge < -0.3 is 15.2 Å². The second-order valence-electron chi connectivity index (χ2n) is 3.44. The molecule has 1 atom stereocenters. The molecule has 0 unspecified atom stereocenters. The van der Waals surface area contributed by atoms with Crippen LogP contribution in [-0.2, 0) is 0 Å². The van der Waals surface area contributed by atoms with Gasteiger partial charge in [-0.2, -0.15) is 0 Å². The van der Waals surface area contributed by atoms with Crippen LogP contribution in [0.15, 0.2) is 12.1 Å². The maximum atomic E-state index is 12.3. The van der Waals surface area contributed by atoms with Gasteiger partial charge in [0.15, 0.2) is 11.5 Å². The lowest BCUT2D eigenvalue weighted by Crippen LogP contribution is -2.14. The first-order valence-electron chi connectivity index (χ1n) is 4.95. The molecule has 0 radical (unpaired) electrons. The van der Waals surface area contributed by atoms with Crippen molar-refractivity contribution < 1.29 is 18.3 Å². The molecule has 0 bridgehead atoms. The fourth-order valence-corrected chi connectivity index (χ4v) is 1.88. The smallest absolute Gasteiger partial charge is 0.240 e. The van der Waals surface area contributed by atoms with E-state index in [2.05, 4.69) is 0 Å². The van der Waals surface area contributed by atoms with Gasteiger partial charge in [0.2, 0.25) is 6.43 Å². The summed E-state index contributed by atoms with van der Waals surface area (Å²) in [6, 6.07) is 2.32. The molecule has 0 aromatic heterocycles. The van der Waals surface area contributed by atoms with Crippen LogP contribution >= 0.6 is 24.0 Å². The monoisotopic (exact) mass is 301 g/mol. The summed E-state index contributed by atoms with van der Waals surface area (Å²) in [7, 11) is 2.89. The molecule has 0 amide bonds. The fourth-order valence-electron chi connectivity index (χ4n) is 1.51. The van der Waals surface area contributed by atoms with Crippen molar-refractivity contribution in [2.24, 2.45) is 5.73 Å². The third-order valence-corrected chi connectivity index (χ3v) is 2.74. The van der Waals surface area contributed by atoms with Crippen molar-refractivity contribution in [1.29, 1.82) is 0 Å². The molecule has 0 spiro atoms. The van der Waals surface area contributed by atoms with Crippen LogP contribution in [0.3, 0.4) is 0 Å². The first-order chi connectivity index (χ1) is 8.01. The fraction of sp³-hybridized carbons (Fsp3) is 0.455. The predicted octanol–water partition coefficient (Wildman–Crippen LogP) is 3.43. The lowest BCUT2D eigenvalue weighted by molar-refractivity contribution is 0.128. The van der Waals surface area contributed by atoms with Crippen molar-refractivity contribution in [1.82, 2.24) is 0 Å². The van der Waals surface area contributed by atoms with Crippen molar-refractivity contribution in [2.45, 2.75) is 18.9 Å². The molecule has 0 aliphatic rings. The molecule has 104 valence electrons. The zero-order valence-electron chi connectivity index (χ0n) is 9.95. The molecule has 1 rings (SSSR count). The first kappa shape index (κ1) is 17.2. The number of ether oxygens (including phenoxy) is 2. The summed E-state index contributed by atoms with van der Waals surface area (Å²) in [6.07, 6.45) is -2.93. The number of hydrogen-bond donors (Lipinski definition) is 1. The Balaban J connectivity index is 0.00000289. The van der Waals surface area contributed by atoms with Gasteiger partial charge in [-0.05, 0) is 11.6 Å². The molecule has 7 heteroatoms. The van der Waals surface area contributed by atoms with Crippen molar-refractivity contribution >= 4 is 24.0 Å². The van der Waals surface area contributed by atoms with E-state index in [-0.39, 0.29) is 17.4 Å². The largest absolute Gasteiger partial charge is 0.493 e. The van der Waals surface area contributed by atoms with Crippen LogP contribution < -0.4 is 15.2 Å². The Bertz CT molecular complexity index is 392. The second-order valence-corrected chi connectivity index (χ2v) is 3.82. The maximum Gasteiger partial charge on any atom is 0.240 e. The third-order valence-electron chi connectivity index (χ3n) is 2.35. The average molecular weight is 302 g/mol. The lowest BCUT2D eigenvalue weighted by Gasteiger charge is -2.17. The van der Waals surface area contributed by atoms with Crippen LogP contribution in [0, 0.1) is 0 Å². The second kappa shape index (κ2) is 7.61. The highest BCUT2D eigenvalue weighted by molar-refractivity contribution is 6.33. The molecule has 18 heavy (non-hydrogen) atoms. The SMILES string of the molecule is COc1ccc([C@H](N)CC(F)F)c(Cl)c1OC.Cl. The summed E-state index contributed by atoms with van der Waals surface area (Å²) in [4.78, 5) is 0. The van der Waals surface area contributed by atoms with Gasteiger partial charge in [0, 0.05) is 12.5 Å². The molecule has 2 N–H and O–H groups in total. The minimum Gasteiger partial charge on any atom is -0.493 e. The minimum atomic E-state index is -2.48. The summed E-state index contributed by atoms with van der Waals surface area (Å²) in [5.41, 5.74) is 6.07. The number of methoxy groups -OCH3 is 2.